The van der Waals surface area contributed by atoms with Gasteiger partial charge in [-0.15, -0.1) is 0 Å². The highest BCUT2D eigenvalue weighted by atomic mass is 35.5. The molecule has 9 heteroatoms. The van der Waals surface area contributed by atoms with Gasteiger partial charge in [0.15, 0.2) is 0 Å². The minimum Gasteiger partial charge on any atom is -0.465 e. The van der Waals surface area contributed by atoms with Crippen LogP contribution in [0.25, 0.3) is 0 Å². The number of likely N-dealkylation sites (tertiary alicyclic amines) is 1. The lowest BCUT2D eigenvalue weighted by atomic mass is 9.74. The predicted molar refractivity (Wildman–Crippen MR) is 119 cm³/mol. The van der Waals surface area contributed by atoms with E-state index in [1.807, 2.05) is 12.2 Å². The molecule has 4 heterocycles. The number of ether oxygens (including phenoxy) is 2. The van der Waals surface area contributed by atoms with Crippen LogP contribution in [-0.2, 0) is 23.9 Å². The molecule has 174 valence electrons. The monoisotopic (exact) mass is 472 g/mol. The van der Waals surface area contributed by atoms with Gasteiger partial charge in [0.25, 0.3) is 5.91 Å². The summed E-state index contributed by atoms with van der Waals surface area (Å²) in [5.41, 5.74) is -1.85. The van der Waals surface area contributed by atoms with E-state index >= 15 is 0 Å². The average Bonchev–Trinajstić information content (AvgIpc) is 3.08. The van der Waals surface area contributed by atoms with E-state index in [4.69, 9.17) is 21.1 Å². The number of hydrogen-bond donors (Lipinski definition) is 1. The molecule has 1 aromatic rings. The zero-order chi connectivity index (χ0) is 23.4. The number of fused-ring (bicyclic) bond motifs is 2. The molecule has 0 radical (unpaired) electrons. The lowest BCUT2D eigenvalue weighted by Crippen LogP contribution is -2.56. The molecule has 0 aliphatic carbocycles. The van der Waals surface area contributed by atoms with Crippen molar-refractivity contribution < 1.29 is 29.0 Å². The molecular formula is C24H25ClN2O6. The maximum Gasteiger partial charge on any atom is 0.313 e. The third kappa shape index (κ3) is 3.23. The first-order valence-electron chi connectivity index (χ1n) is 11.0. The summed E-state index contributed by atoms with van der Waals surface area (Å²) in [7, 11) is 0. The summed E-state index contributed by atoms with van der Waals surface area (Å²) in [4.78, 5) is 43.7. The molecule has 1 unspecified atom stereocenters. The summed E-state index contributed by atoms with van der Waals surface area (Å²) < 4.78 is 12.0. The first-order chi connectivity index (χ1) is 15.8. The van der Waals surface area contributed by atoms with Crippen LogP contribution in [0.2, 0.25) is 5.02 Å². The third-order valence-corrected chi connectivity index (χ3v) is 7.25. The Morgan fingerprint density at radius 3 is 2.58 bits per heavy atom. The first kappa shape index (κ1) is 22.1. The predicted octanol–water partition coefficient (Wildman–Crippen LogP) is 1.71. The number of β-amino-alcohol motifs (C(OH)–C–C–N with tert-alkyl or cyclic N) is 1. The number of hydrogen-bond acceptors (Lipinski definition) is 6. The standard InChI is InChI=1S/C24H25ClN2O6/c1-23-9-2-3-14-32-22(31)18(23)17-20(29)27(12-13-28)19-21(30)26(11-4-10-24(17,19)33-23)16-7-5-15(25)6-8-16/h2,4-10,17-19,28H,3,11-14H2,1H3/t17-,18-,19?,23+,24-/m0/s1. The van der Waals surface area contributed by atoms with Gasteiger partial charge in [0, 0.05) is 23.8 Å². The Kier molecular flexibility index (Phi) is 5.34. The Labute approximate surface area is 196 Å². The van der Waals surface area contributed by atoms with Crippen molar-refractivity contribution >= 4 is 35.1 Å². The number of aliphatic hydroxyl groups excluding tert-OH is 1. The summed E-state index contributed by atoms with van der Waals surface area (Å²) in [5.74, 6) is -3.11. The Morgan fingerprint density at radius 1 is 1.09 bits per heavy atom. The van der Waals surface area contributed by atoms with Gasteiger partial charge in [0.1, 0.15) is 17.6 Å². The zero-order valence-electron chi connectivity index (χ0n) is 18.1. The summed E-state index contributed by atoms with van der Waals surface area (Å²) in [6.45, 7) is 1.87. The van der Waals surface area contributed by atoms with Gasteiger partial charge >= 0.3 is 5.97 Å². The Hall–Kier alpha value is -2.68. The second kappa shape index (κ2) is 7.97. The number of aliphatic hydroxyl groups is 1. The van der Waals surface area contributed by atoms with Crippen molar-refractivity contribution in [2.45, 2.75) is 30.6 Å². The Morgan fingerprint density at radius 2 is 1.85 bits per heavy atom. The molecule has 2 amide bonds. The van der Waals surface area contributed by atoms with E-state index in [1.165, 1.54) is 4.90 Å². The molecule has 2 saturated heterocycles. The molecule has 33 heavy (non-hydrogen) atoms. The van der Waals surface area contributed by atoms with Crippen molar-refractivity contribution in [3.05, 3.63) is 53.6 Å². The van der Waals surface area contributed by atoms with Crippen molar-refractivity contribution in [3.63, 3.8) is 0 Å². The van der Waals surface area contributed by atoms with Crippen LogP contribution in [0.5, 0.6) is 0 Å². The molecule has 8 nitrogen and oxygen atoms in total. The van der Waals surface area contributed by atoms with Crippen LogP contribution < -0.4 is 4.90 Å². The van der Waals surface area contributed by atoms with Crippen molar-refractivity contribution in [1.82, 2.24) is 4.90 Å². The fourth-order valence-electron chi connectivity index (χ4n) is 5.69. The van der Waals surface area contributed by atoms with Crippen LogP contribution in [0, 0.1) is 11.8 Å². The number of benzene rings is 1. The minimum atomic E-state index is -1.36. The number of nitrogens with zero attached hydrogens (tertiary/aromatic N) is 2. The summed E-state index contributed by atoms with van der Waals surface area (Å²) in [6, 6.07) is 5.82. The number of carbonyl (C=O) groups excluding carboxylic acids is 3. The van der Waals surface area contributed by atoms with E-state index in [0.717, 1.165) is 0 Å². The lowest BCUT2D eigenvalue weighted by Gasteiger charge is -2.37. The second-order valence-electron chi connectivity index (χ2n) is 8.94. The highest BCUT2D eigenvalue weighted by molar-refractivity contribution is 6.30. The third-order valence-electron chi connectivity index (χ3n) is 7.00. The SMILES string of the molecule is C[C@@]12C=CCCOC(=O)[C@@H]1[C@H]1C(=O)N(CCO)C3C(=O)N(c4ccc(Cl)cc4)CC=C[C@@]31O2. The number of halogens is 1. The number of amides is 2. The fraction of sp³-hybridized carbons (Fsp3) is 0.458. The van der Waals surface area contributed by atoms with Crippen molar-refractivity contribution in [2.24, 2.45) is 11.8 Å². The Balaban J connectivity index is 1.64. The molecule has 0 saturated carbocycles. The van der Waals surface area contributed by atoms with Gasteiger partial charge in [0.2, 0.25) is 5.91 Å². The molecule has 0 bridgehead atoms. The quantitative estimate of drug-likeness (QED) is 0.531. The number of rotatable bonds is 3. The number of carbonyl (C=O) groups is 3. The van der Waals surface area contributed by atoms with E-state index in [-0.39, 0.29) is 32.2 Å². The molecule has 5 atom stereocenters. The topological polar surface area (TPSA) is 96.4 Å². The number of cyclic esters (lactones) is 1. The molecule has 0 aromatic heterocycles. The maximum absolute atomic E-state index is 14.0. The number of anilines is 1. The smallest absolute Gasteiger partial charge is 0.313 e. The first-order valence-corrected chi connectivity index (χ1v) is 11.4. The van der Waals surface area contributed by atoms with Gasteiger partial charge in [-0.2, -0.15) is 0 Å². The minimum absolute atomic E-state index is 0.0481. The zero-order valence-corrected chi connectivity index (χ0v) is 18.9. The average molecular weight is 473 g/mol. The molecule has 2 fully saturated rings. The fourth-order valence-corrected chi connectivity index (χ4v) is 5.81. The molecule has 1 N–H and O–H groups in total. The summed E-state index contributed by atoms with van der Waals surface area (Å²) >= 11 is 6.02. The van der Waals surface area contributed by atoms with E-state index in [1.54, 1.807) is 48.2 Å². The highest BCUT2D eigenvalue weighted by Gasteiger charge is 2.74. The number of esters is 1. The van der Waals surface area contributed by atoms with Gasteiger partial charge in [0.05, 0.1) is 24.7 Å². The molecular weight excluding hydrogens is 448 g/mol. The van der Waals surface area contributed by atoms with Crippen molar-refractivity contribution in [1.29, 1.82) is 0 Å². The van der Waals surface area contributed by atoms with E-state index < -0.39 is 41.0 Å². The van der Waals surface area contributed by atoms with Crippen LogP contribution >= 0.6 is 11.6 Å². The second-order valence-corrected chi connectivity index (χ2v) is 9.38. The molecule has 5 rings (SSSR count). The van der Waals surface area contributed by atoms with Gasteiger partial charge in [-0.1, -0.05) is 35.9 Å². The normalized spacial score (nSPS) is 35.5. The summed E-state index contributed by atoms with van der Waals surface area (Å²) in [5, 5.41) is 10.2. The van der Waals surface area contributed by atoms with Crippen molar-refractivity contribution in [3.8, 4) is 0 Å². The van der Waals surface area contributed by atoms with E-state index in [9.17, 15) is 19.5 Å². The molecule has 1 spiro atoms. The summed E-state index contributed by atoms with van der Waals surface area (Å²) in [6.07, 6.45) is 7.79. The van der Waals surface area contributed by atoms with Crippen molar-refractivity contribution in [2.75, 3.05) is 31.2 Å². The van der Waals surface area contributed by atoms with E-state index in [0.29, 0.717) is 17.1 Å². The lowest BCUT2D eigenvalue weighted by molar-refractivity contribution is -0.159. The van der Waals surface area contributed by atoms with Crippen LogP contribution in [-0.4, -0.2) is 71.3 Å². The van der Waals surface area contributed by atoms with Gasteiger partial charge in [-0.25, -0.2) is 0 Å². The maximum atomic E-state index is 14.0. The molecule has 1 aromatic carbocycles. The van der Waals surface area contributed by atoms with Gasteiger partial charge < -0.3 is 24.4 Å². The van der Waals surface area contributed by atoms with E-state index in [2.05, 4.69) is 0 Å². The van der Waals surface area contributed by atoms with Crippen LogP contribution in [0.1, 0.15) is 13.3 Å². The molecule has 4 aliphatic rings. The molecule has 4 aliphatic heterocycles. The highest BCUT2D eigenvalue weighted by Crippen LogP contribution is 2.57. The van der Waals surface area contributed by atoms with Gasteiger partial charge in [-0.05, 0) is 37.6 Å². The van der Waals surface area contributed by atoms with Crippen LogP contribution in [0.3, 0.4) is 0 Å². The Bertz CT molecular complexity index is 1060. The van der Waals surface area contributed by atoms with Gasteiger partial charge in [-0.3, -0.25) is 14.4 Å². The van der Waals surface area contributed by atoms with Crippen LogP contribution in [0.15, 0.2) is 48.6 Å². The van der Waals surface area contributed by atoms with Crippen LogP contribution in [0.4, 0.5) is 5.69 Å². The largest absolute Gasteiger partial charge is 0.465 e.